The minimum Gasteiger partial charge on any atom is -0.356 e. The van der Waals surface area contributed by atoms with Crippen LogP contribution in [0.2, 0.25) is 0 Å². The topological polar surface area (TPSA) is 70.2 Å². The van der Waals surface area contributed by atoms with Crippen LogP contribution in [0.1, 0.15) is 56.5 Å². The van der Waals surface area contributed by atoms with E-state index >= 15 is 0 Å². The van der Waals surface area contributed by atoms with Crippen LogP contribution in [0, 0.1) is 19.8 Å². The molecule has 26 heavy (non-hydrogen) atoms. The highest BCUT2D eigenvalue weighted by Gasteiger charge is 2.34. The van der Waals surface area contributed by atoms with Crippen molar-refractivity contribution in [3.8, 4) is 0 Å². The van der Waals surface area contributed by atoms with Gasteiger partial charge in [0.15, 0.2) is 0 Å². The highest BCUT2D eigenvalue weighted by atomic mass is 16.1. The first-order chi connectivity index (χ1) is 12.5. The molecule has 142 valence electrons. The molecule has 3 saturated heterocycles. The summed E-state index contributed by atoms with van der Waals surface area (Å²) in [5.74, 6) is 2.67. The Labute approximate surface area is 156 Å². The third-order valence-corrected chi connectivity index (χ3v) is 6.18. The Morgan fingerprint density at radius 3 is 2.50 bits per heavy atom. The number of piperidine rings is 2. The number of hydrogen-bond donors (Lipinski definition) is 2. The molecule has 4 rings (SSSR count). The number of aryl methyl sites for hydroxylation is 2. The van der Waals surface area contributed by atoms with Gasteiger partial charge >= 0.3 is 0 Å². The molecule has 0 radical (unpaired) electrons. The minimum absolute atomic E-state index is 0.253. The zero-order valence-electron chi connectivity index (χ0n) is 16.0. The average Bonchev–Trinajstić information content (AvgIpc) is 2.93. The molecule has 6 heteroatoms. The molecule has 0 saturated carbocycles. The number of fused-ring (bicyclic) bond motifs is 2. The molecule has 3 aliphatic rings. The molecule has 0 aliphatic carbocycles. The first-order valence-corrected chi connectivity index (χ1v) is 10.2. The van der Waals surface area contributed by atoms with E-state index in [9.17, 15) is 4.79 Å². The summed E-state index contributed by atoms with van der Waals surface area (Å²) in [5.41, 5.74) is 1.01. The van der Waals surface area contributed by atoms with Crippen LogP contribution in [0.15, 0.2) is 6.07 Å². The molecule has 3 aliphatic heterocycles. The van der Waals surface area contributed by atoms with Crippen LogP contribution >= 0.6 is 0 Å². The van der Waals surface area contributed by atoms with Crippen molar-refractivity contribution in [2.75, 3.05) is 18.0 Å². The van der Waals surface area contributed by atoms with Crippen molar-refractivity contribution < 1.29 is 4.79 Å². The van der Waals surface area contributed by atoms with Crippen molar-refractivity contribution >= 4 is 11.7 Å². The number of nitrogens with zero attached hydrogens (tertiary/aromatic N) is 3. The third-order valence-electron chi connectivity index (χ3n) is 6.18. The van der Waals surface area contributed by atoms with E-state index < -0.39 is 0 Å². The summed E-state index contributed by atoms with van der Waals surface area (Å²) in [5, 5.41) is 6.95. The lowest BCUT2D eigenvalue weighted by atomic mass is 9.89. The summed E-state index contributed by atoms with van der Waals surface area (Å²) in [6.45, 7) is 5.84. The van der Waals surface area contributed by atoms with Gasteiger partial charge in [0, 0.05) is 49.4 Å². The van der Waals surface area contributed by atoms with Crippen LogP contribution in [0.5, 0.6) is 0 Å². The molecule has 2 N–H and O–H groups in total. The zero-order chi connectivity index (χ0) is 18.1. The predicted molar refractivity (Wildman–Crippen MR) is 102 cm³/mol. The fourth-order valence-electron chi connectivity index (χ4n) is 5.00. The van der Waals surface area contributed by atoms with E-state index in [1.54, 1.807) is 0 Å². The van der Waals surface area contributed by atoms with E-state index in [0.29, 0.717) is 30.5 Å². The van der Waals surface area contributed by atoms with E-state index in [-0.39, 0.29) is 5.91 Å². The van der Waals surface area contributed by atoms with Crippen molar-refractivity contribution in [3.63, 3.8) is 0 Å². The highest BCUT2D eigenvalue weighted by Crippen LogP contribution is 2.32. The zero-order valence-corrected chi connectivity index (χ0v) is 16.0. The lowest BCUT2D eigenvalue weighted by Crippen LogP contribution is -2.46. The second-order valence-electron chi connectivity index (χ2n) is 8.42. The third kappa shape index (κ3) is 4.17. The summed E-state index contributed by atoms with van der Waals surface area (Å²) >= 11 is 0. The van der Waals surface area contributed by atoms with Gasteiger partial charge in [-0.15, -0.1) is 0 Å². The number of carbonyl (C=O) groups is 1. The van der Waals surface area contributed by atoms with Gasteiger partial charge < -0.3 is 15.5 Å². The van der Waals surface area contributed by atoms with Gasteiger partial charge in [0.25, 0.3) is 0 Å². The molecular weight excluding hydrogens is 326 g/mol. The van der Waals surface area contributed by atoms with Crippen molar-refractivity contribution in [2.45, 2.75) is 76.9 Å². The largest absolute Gasteiger partial charge is 0.356 e. The Kier molecular flexibility index (Phi) is 5.11. The van der Waals surface area contributed by atoms with Gasteiger partial charge in [-0.3, -0.25) is 4.79 Å². The predicted octanol–water partition coefficient (Wildman–Crippen LogP) is 2.10. The van der Waals surface area contributed by atoms with Crippen LogP contribution in [-0.2, 0) is 4.79 Å². The van der Waals surface area contributed by atoms with Gasteiger partial charge in [-0.25, -0.2) is 9.97 Å². The normalized spacial score (nSPS) is 29.0. The van der Waals surface area contributed by atoms with Crippen LogP contribution in [-0.4, -0.2) is 47.1 Å². The number of carbonyl (C=O) groups excluding carboxylic acids is 1. The molecule has 1 amide bonds. The van der Waals surface area contributed by atoms with E-state index in [0.717, 1.165) is 43.3 Å². The smallest absolute Gasteiger partial charge is 0.220 e. The Morgan fingerprint density at radius 2 is 1.85 bits per heavy atom. The Morgan fingerprint density at radius 1 is 1.15 bits per heavy atom. The molecule has 0 spiro atoms. The second-order valence-corrected chi connectivity index (χ2v) is 8.42. The van der Waals surface area contributed by atoms with Gasteiger partial charge in [-0.2, -0.15) is 0 Å². The monoisotopic (exact) mass is 357 g/mol. The van der Waals surface area contributed by atoms with Gasteiger partial charge in [-0.1, -0.05) is 0 Å². The molecule has 2 unspecified atom stereocenters. The number of rotatable bonds is 4. The van der Waals surface area contributed by atoms with E-state index in [2.05, 4.69) is 31.6 Å². The van der Waals surface area contributed by atoms with Crippen molar-refractivity contribution in [1.82, 2.24) is 20.6 Å². The van der Waals surface area contributed by atoms with Gasteiger partial charge in [0.1, 0.15) is 11.6 Å². The average molecular weight is 358 g/mol. The Bertz CT molecular complexity index is 623. The summed E-state index contributed by atoms with van der Waals surface area (Å²) in [4.78, 5) is 23.7. The van der Waals surface area contributed by atoms with Crippen molar-refractivity contribution in [3.05, 3.63) is 17.6 Å². The molecule has 3 fully saturated rings. The summed E-state index contributed by atoms with van der Waals surface area (Å²) in [7, 11) is 0. The molecule has 0 aromatic carbocycles. The van der Waals surface area contributed by atoms with Crippen molar-refractivity contribution in [2.24, 2.45) is 5.92 Å². The van der Waals surface area contributed by atoms with E-state index in [4.69, 9.17) is 0 Å². The Balaban J connectivity index is 1.24. The van der Waals surface area contributed by atoms with Crippen LogP contribution in [0.3, 0.4) is 0 Å². The number of aromatic nitrogens is 2. The number of amides is 1. The van der Waals surface area contributed by atoms with Crippen LogP contribution < -0.4 is 15.5 Å². The maximum atomic E-state index is 12.5. The van der Waals surface area contributed by atoms with Gasteiger partial charge in [0.05, 0.1) is 0 Å². The standard InChI is InChI=1S/C20H31N5O/c1-13-9-19(22-14(2)21-13)25-7-5-16(6-8-25)24-20(26)12-15-10-17-3-4-18(11-15)23-17/h9,15-18,23H,3-8,10-12H2,1-2H3,(H,24,26). The molecule has 4 heterocycles. The number of anilines is 1. The molecular formula is C20H31N5O. The van der Waals surface area contributed by atoms with Gasteiger partial charge in [0.2, 0.25) is 5.91 Å². The van der Waals surface area contributed by atoms with Gasteiger partial charge in [-0.05, 0) is 58.3 Å². The summed E-state index contributed by atoms with van der Waals surface area (Å²) in [6, 6.07) is 3.68. The highest BCUT2D eigenvalue weighted by molar-refractivity contribution is 5.76. The molecule has 6 nitrogen and oxygen atoms in total. The fraction of sp³-hybridized carbons (Fsp3) is 0.750. The summed E-state index contributed by atoms with van der Waals surface area (Å²) in [6.07, 6.45) is 7.63. The maximum absolute atomic E-state index is 12.5. The second kappa shape index (κ2) is 7.51. The maximum Gasteiger partial charge on any atom is 0.220 e. The van der Waals surface area contributed by atoms with Crippen LogP contribution in [0.25, 0.3) is 0 Å². The molecule has 2 atom stereocenters. The lowest BCUT2D eigenvalue weighted by molar-refractivity contribution is -0.123. The number of hydrogen-bond acceptors (Lipinski definition) is 5. The molecule has 1 aromatic heterocycles. The fourth-order valence-corrected chi connectivity index (χ4v) is 5.00. The lowest BCUT2D eigenvalue weighted by Gasteiger charge is -2.34. The molecule has 1 aromatic rings. The van der Waals surface area contributed by atoms with Crippen LogP contribution in [0.4, 0.5) is 5.82 Å². The quantitative estimate of drug-likeness (QED) is 0.864. The summed E-state index contributed by atoms with van der Waals surface area (Å²) < 4.78 is 0. The van der Waals surface area contributed by atoms with E-state index in [1.165, 1.54) is 25.7 Å². The van der Waals surface area contributed by atoms with E-state index in [1.807, 2.05) is 13.8 Å². The minimum atomic E-state index is 0.253. The Hall–Kier alpha value is -1.69. The number of nitrogens with one attached hydrogen (secondary N) is 2. The first kappa shape index (κ1) is 17.7. The molecule has 2 bridgehead atoms. The first-order valence-electron chi connectivity index (χ1n) is 10.2. The van der Waals surface area contributed by atoms with Crippen molar-refractivity contribution in [1.29, 1.82) is 0 Å². The SMILES string of the molecule is Cc1cc(N2CCC(NC(=O)CC3CC4CCC(C3)N4)CC2)nc(C)n1.